The van der Waals surface area contributed by atoms with Crippen molar-refractivity contribution in [1.29, 1.82) is 0 Å². The predicted octanol–water partition coefficient (Wildman–Crippen LogP) is 1.64. The molecule has 1 saturated carbocycles. The van der Waals surface area contributed by atoms with Crippen molar-refractivity contribution in [2.75, 3.05) is 41.7 Å². The van der Waals surface area contributed by atoms with Gasteiger partial charge in [-0.25, -0.2) is 4.39 Å². The van der Waals surface area contributed by atoms with Crippen molar-refractivity contribution in [3.63, 3.8) is 0 Å². The molecule has 1 aromatic heterocycles. The number of nitrogens with zero attached hydrogens (tertiary/aromatic N) is 5. The number of carbonyl (C=O) groups excluding carboxylic acids is 2. The zero-order chi connectivity index (χ0) is 23.8. The molecule has 0 unspecified atom stereocenters. The average molecular weight is 468 g/mol. The van der Waals surface area contributed by atoms with E-state index in [2.05, 4.69) is 25.8 Å². The van der Waals surface area contributed by atoms with Crippen molar-refractivity contribution in [1.82, 2.24) is 20.1 Å². The first-order valence-corrected chi connectivity index (χ1v) is 10.1. The zero-order valence-electron chi connectivity index (χ0n) is 17.2. The van der Waals surface area contributed by atoms with Gasteiger partial charge in [0.15, 0.2) is 11.5 Å². The number of rotatable bonds is 6. The number of anilines is 4. The van der Waals surface area contributed by atoms with Crippen LogP contribution in [0.25, 0.3) is 0 Å². The fourth-order valence-corrected chi connectivity index (χ4v) is 3.37. The van der Waals surface area contributed by atoms with E-state index in [-0.39, 0.29) is 55.4 Å². The number of piperazine rings is 1. The van der Waals surface area contributed by atoms with Gasteiger partial charge in [-0.15, -0.1) is 10.2 Å². The van der Waals surface area contributed by atoms with Crippen molar-refractivity contribution >= 4 is 35.0 Å². The topological polar surface area (TPSA) is 129 Å². The largest absolute Gasteiger partial charge is 0.471 e. The van der Waals surface area contributed by atoms with Gasteiger partial charge in [0.1, 0.15) is 5.82 Å². The highest BCUT2D eigenvalue weighted by Crippen LogP contribution is 2.28. The maximum atomic E-state index is 14.7. The summed E-state index contributed by atoms with van der Waals surface area (Å²) in [6, 6.07) is 4.37. The van der Waals surface area contributed by atoms with Crippen molar-refractivity contribution < 1.29 is 27.2 Å². The summed E-state index contributed by atoms with van der Waals surface area (Å²) in [6.07, 6.45) is -3.08. The Morgan fingerprint density at radius 1 is 1.09 bits per heavy atom. The van der Waals surface area contributed by atoms with Gasteiger partial charge in [0.2, 0.25) is 5.95 Å². The smallest absolute Gasteiger partial charge is 0.366 e. The molecular formula is C19H20F4N8O2. The van der Waals surface area contributed by atoms with Crippen LogP contribution in [-0.4, -0.2) is 70.3 Å². The molecule has 2 fully saturated rings. The normalized spacial score (nSPS) is 16.5. The van der Waals surface area contributed by atoms with Crippen molar-refractivity contribution in [2.24, 2.45) is 5.73 Å². The Labute approximate surface area is 185 Å². The number of hydrogen-bond acceptors (Lipinski definition) is 8. The minimum absolute atomic E-state index is 0.0228. The maximum Gasteiger partial charge on any atom is 0.471 e. The Morgan fingerprint density at radius 2 is 1.79 bits per heavy atom. The van der Waals surface area contributed by atoms with Crippen LogP contribution in [0.1, 0.15) is 23.3 Å². The molecule has 1 aromatic carbocycles. The second kappa shape index (κ2) is 8.67. The van der Waals surface area contributed by atoms with E-state index in [0.29, 0.717) is 10.6 Å². The molecule has 0 bridgehead atoms. The fourth-order valence-electron chi connectivity index (χ4n) is 3.37. The highest BCUT2D eigenvalue weighted by Gasteiger charge is 2.43. The van der Waals surface area contributed by atoms with Gasteiger partial charge >= 0.3 is 12.1 Å². The third-order valence-electron chi connectivity index (χ3n) is 5.19. The fraction of sp³-hybridized carbons (Fsp3) is 0.421. The Bertz CT molecular complexity index is 1070. The summed E-state index contributed by atoms with van der Waals surface area (Å²) in [5.74, 6) is -3.08. The van der Waals surface area contributed by atoms with Crippen molar-refractivity contribution in [3.8, 4) is 0 Å². The van der Waals surface area contributed by atoms with Gasteiger partial charge in [-0.05, 0) is 31.0 Å². The monoisotopic (exact) mass is 468 g/mol. The lowest BCUT2D eigenvalue weighted by Crippen LogP contribution is -2.52. The lowest BCUT2D eigenvalue weighted by molar-refractivity contribution is -0.185. The molecule has 0 atom stereocenters. The number of primary amides is 1. The number of alkyl halides is 3. The van der Waals surface area contributed by atoms with E-state index in [9.17, 15) is 27.2 Å². The highest BCUT2D eigenvalue weighted by atomic mass is 19.4. The third kappa shape index (κ3) is 5.21. The van der Waals surface area contributed by atoms with Crippen molar-refractivity contribution in [3.05, 3.63) is 29.7 Å². The van der Waals surface area contributed by atoms with Crippen LogP contribution in [0.4, 0.5) is 40.7 Å². The predicted molar refractivity (Wildman–Crippen MR) is 110 cm³/mol. The second-order valence-corrected chi connectivity index (χ2v) is 7.68. The highest BCUT2D eigenvalue weighted by molar-refractivity contribution is 5.95. The maximum absolute atomic E-state index is 14.7. The van der Waals surface area contributed by atoms with Gasteiger partial charge < -0.3 is 26.2 Å². The average Bonchev–Trinajstić information content (AvgIpc) is 3.57. The standard InChI is InChI=1S/C19H20F4N8O2/c20-12-9-11(26-18-27-16(25-10-1-2-10)14(15(24)32)28-29-18)3-4-13(12)30-5-7-31(8-6-30)17(33)19(21,22)23/h3-4,9-10H,1-2,5-8H2,(H2,24,32)(H2,25,26,27,29). The van der Waals surface area contributed by atoms with Crippen LogP contribution < -0.4 is 21.3 Å². The molecule has 2 amide bonds. The molecule has 2 aromatic rings. The van der Waals surface area contributed by atoms with E-state index in [4.69, 9.17) is 5.73 Å². The van der Waals surface area contributed by atoms with E-state index < -0.39 is 23.8 Å². The first-order chi connectivity index (χ1) is 15.6. The van der Waals surface area contributed by atoms with Crippen LogP contribution in [0.2, 0.25) is 0 Å². The van der Waals surface area contributed by atoms with Gasteiger partial charge in [-0.3, -0.25) is 9.59 Å². The molecule has 0 radical (unpaired) electrons. The summed E-state index contributed by atoms with van der Waals surface area (Å²) in [4.78, 5) is 29.3. The number of aromatic nitrogens is 3. The minimum Gasteiger partial charge on any atom is -0.366 e. The molecule has 1 aliphatic carbocycles. The van der Waals surface area contributed by atoms with Gasteiger partial charge in [-0.1, -0.05) is 0 Å². The molecule has 14 heteroatoms. The van der Waals surface area contributed by atoms with Crippen LogP contribution in [0, 0.1) is 5.82 Å². The summed E-state index contributed by atoms with van der Waals surface area (Å²) in [5, 5.41) is 13.4. The van der Waals surface area contributed by atoms with Gasteiger partial charge in [0.05, 0.1) is 5.69 Å². The molecule has 2 heterocycles. The molecular weight excluding hydrogens is 448 g/mol. The number of carbonyl (C=O) groups is 2. The van der Waals surface area contributed by atoms with E-state index >= 15 is 0 Å². The number of halogens is 4. The lowest BCUT2D eigenvalue weighted by Gasteiger charge is -2.36. The van der Waals surface area contributed by atoms with E-state index in [0.717, 1.165) is 12.8 Å². The quantitative estimate of drug-likeness (QED) is 0.546. The first-order valence-electron chi connectivity index (χ1n) is 10.1. The van der Waals surface area contributed by atoms with Crippen LogP contribution >= 0.6 is 0 Å². The number of nitrogens with one attached hydrogen (secondary N) is 2. The first kappa shape index (κ1) is 22.5. The molecule has 0 spiro atoms. The molecule has 1 aliphatic heterocycles. The summed E-state index contributed by atoms with van der Waals surface area (Å²) in [6.45, 7) is -0.215. The Morgan fingerprint density at radius 3 is 2.36 bits per heavy atom. The Balaban J connectivity index is 1.43. The second-order valence-electron chi connectivity index (χ2n) is 7.68. The van der Waals surface area contributed by atoms with E-state index in [1.165, 1.54) is 12.1 Å². The third-order valence-corrected chi connectivity index (χ3v) is 5.19. The zero-order valence-corrected chi connectivity index (χ0v) is 17.2. The summed E-state index contributed by atoms with van der Waals surface area (Å²) in [5.41, 5.74) is 5.69. The molecule has 4 rings (SSSR count). The van der Waals surface area contributed by atoms with E-state index in [1.807, 2.05) is 0 Å². The number of hydrogen-bond donors (Lipinski definition) is 3. The van der Waals surface area contributed by atoms with Crippen molar-refractivity contribution in [2.45, 2.75) is 25.1 Å². The van der Waals surface area contributed by atoms with Crippen LogP contribution in [-0.2, 0) is 4.79 Å². The number of nitrogens with two attached hydrogens (primary N) is 1. The van der Waals surface area contributed by atoms with Crippen LogP contribution in [0.3, 0.4) is 0 Å². The van der Waals surface area contributed by atoms with Crippen LogP contribution in [0.15, 0.2) is 18.2 Å². The lowest BCUT2D eigenvalue weighted by atomic mass is 10.2. The molecule has 33 heavy (non-hydrogen) atoms. The van der Waals surface area contributed by atoms with Gasteiger partial charge in [0, 0.05) is 37.9 Å². The minimum atomic E-state index is -4.93. The van der Waals surface area contributed by atoms with Gasteiger partial charge in [0.25, 0.3) is 5.91 Å². The SMILES string of the molecule is NC(=O)c1nnc(Nc2ccc(N3CCN(C(=O)C(F)(F)F)CC3)c(F)c2)nc1NC1CC1. The molecule has 4 N–H and O–H groups in total. The summed E-state index contributed by atoms with van der Waals surface area (Å²) < 4.78 is 52.5. The molecule has 1 saturated heterocycles. The number of benzene rings is 1. The van der Waals surface area contributed by atoms with Gasteiger partial charge in [-0.2, -0.15) is 18.2 Å². The molecule has 176 valence electrons. The Hall–Kier alpha value is -3.71. The van der Waals surface area contributed by atoms with E-state index in [1.54, 1.807) is 11.0 Å². The number of amides is 2. The summed E-state index contributed by atoms with van der Waals surface area (Å²) in [7, 11) is 0. The molecule has 10 nitrogen and oxygen atoms in total. The van der Waals surface area contributed by atoms with Crippen LogP contribution in [0.5, 0.6) is 0 Å². The Kier molecular flexibility index (Phi) is 5.91. The molecule has 2 aliphatic rings. The summed E-state index contributed by atoms with van der Waals surface area (Å²) >= 11 is 0.